The van der Waals surface area contributed by atoms with Crippen molar-refractivity contribution in [1.82, 2.24) is 4.90 Å². The fourth-order valence-corrected chi connectivity index (χ4v) is 3.10. The molecular formula is C17H24N4O3. The molecule has 7 heteroatoms. The van der Waals surface area contributed by atoms with Crippen molar-refractivity contribution in [2.75, 3.05) is 30.3 Å². The number of nitrogens with zero attached hydrogens (tertiary/aromatic N) is 1. The summed E-state index contributed by atoms with van der Waals surface area (Å²) in [7, 11) is 0. The van der Waals surface area contributed by atoms with Crippen molar-refractivity contribution in [3.05, 3.63) is 24.3 Å². The zero-order valence-corrected chi connectivity index (χ0v) is 13.7. The molecular weight excluding hydrogens is 308 g/mol. The number of hydrogen-bond acceptors (Lipinski definition) is 4. The van der Waals surface area contributed by atoms with Crippen LogP contribution in [0.25, 0.3) is 0 Å². The van der Waals surface area contributed by atoms with Gasteiger partial charge in [0.25, 0.3) is 5.91 Å². The number of nitrogens with two attached hydrogens (primary N) is 1. The summed E-state index contributed by atoms with van der Waals surface area (Å²) < 4.78 is 5.61. The Morgan fingerprint density at radius 2 is 1.79 bits per heavy atom. The zero-order chi connectivity index (χ0) is 16.9. The Balaban J connectivity index is 1.63. The van der Waals surface area contributed by atoms with Crippen LogP contribution in [0.15, 0.2) is 24.3 Å². The van der Waals surface area contributed by atoms with E-state index in [0.717, 1.165) is 32.4 Å². The number of anilines is 2. The Morgan fingerprint density at radius 3 is 2.42 bits per heavy atom. The first kappa shape index (κ1) is 16.7. The third-order valence-corrected chi connectivity index (χ3v) is 4.48. The molecule has 2 fully saturated rings. The molecule has 0 saturated carbocycles. The lowest BCUT2D eigenvalue weighted by atomic mass is 10.2. The van der Waals surface area contributed by atoms with Crippen LogP contribution in [0.5, 0.6) is 0 Å². The molecule has 130 valence electrons. The fourth-order valence-electron chi connectivity index (χ4n) is 3.10. The first-order valence-electron chi connectivity index (χ1n) is 8.48. The van der Waals surface area contributed by atoms with Crippen LogP contribution in [0.1, 0.15) is 25.7 Å². The summed E-state index contributed by atoms with van der Waals surface area (Å²) in [5.74, 6) is -0.200. The molecule has 2 atom stereocenters. The van der Waals surface area contributed by atoms with Gasteiger partial charge in [0.2, 0.25) is 0 Å². The summed E-state index contributed by atoms with van der Waals surface area (Å²) in [6, 6.07) is 7.06. The standard InChI is InChI=1S/C17H24N4O3/c18-11-12-7-8-15(24-12)16(22)19-13-5-1-2-6-14(13)20-17(23)21-9-3-4-10-21/h1-2,5-6,12,15H,3-4,7-11,18H2,(H,19,22)(H,20,23)/t12-,15+/m1/s1. The minimum atomic E-state index is -0.485. The minimum absolute atomic E-state index is 0.0501. The fraction of sp³-hybridized carbons (Fsp3) is 0.529. The van der Waals surface area contributed by atoms with Gasteiger partial charge in [0, 0.05) is 19.6 Å². The molecule has 0 radical (unpaired) electrons. The molecule has 3 rings (SSSR count). The smallest absolute Gasteiger partial charge is 0.321 e. The summed E-state index contributed by atoms with van der Waals surface area (Å²) in [6.45, 7) is 1.97. The second kappa shape index (κ2) is 7.63. The SMILES string of the molecule is NC[C@H]1CC[C@@H](C(=O)Nc2ccccc2NC(=O)N2CCCC2)O1. The third kappa shape index (κ3) is 3.85. The molecule has 7 nitrogen and oxygen atoms in total. The molecule has 2 aliphatic heterocycles. The number of benzene rings is 1. The summed E-state index contributed by atoms with van der Waals surface area (Å²) in [6.07, 6.45) is 2.99. The van der Waals surface area contributed by atoms with E-state index in [1.54, 1.807) is 17.0 Å². The molecule has 2 aliphatic rings. The number of carbonyl (C=O) groups excluding carboxylic acids is 2. The lowest BCUT2D eigenvalue weighted by Crippen LogP contribution is -2.33. The third-order valence-electron chi connectivity index (χ3n) is 4.48. The van der Waals surface area contributed by atoms with Crippen LogP contribution in [0, 0.1) is 0 Å². The van der Waals surface area contributed by atoms with Gasteiger partial charge >= 0.3 is 6.03 Å². The largest absolute Gasteiger partial charge is 0.364 e. The van der Waals surface area contributed by atoms with E-state index in [0.29, 0.717) is 24.3 Å². The van der Waals surface area contributed by atoms with E-state index in [2.05, 4.69) is 10.6 Å². The Bertz CT molecular complexity index is 601. The molecule has 0 unspecified atom stereocenters. The second-order valence-corrected chi connectivity index (χ2v) is 6.22. The highest BCUT2D eigenvalue weighted by Gasteiger charge is 2.30. The van der Waals surface area contributed by atoms with E-state index < -0.39 is 6.10 Å². The first-order chi connectivity index (χ1) is 11.7. The van der Waals surface area contributed by atoms with Gasteiger partial charge in [-0.05, 0) is 37.8 Å². The lowest BCUT2D eigenvalue weighted by Gasteiger charge is -2.19. The highest BCUT2D eigenvalue weighted by atomic mass is 16.5. The Hall–Kier alpha value is -2.12. The molecule has 0 spiro atoms. The average molecular weight is 332 g/mol. The molecule has 0 aliphatic carbocycles. The van der Waals surface area contributed by atoms with Crippen LogP contribution >= 0.6 is 0 Å². The van der Waals surface area contributed by atoms with Crippen LogP contribution in [-0.4, -0.2) is 48.7 Å². The van der Waals surface area contributed by atoms with Crippen molar-refractivity contribution in [3.8, 4) is 0 Å². The molecule has 24 heavy (non-hydrogen) atoms. The number of likely N-dealkylation sites (tertiary alicyclic amines) is 1. The predicted octanol–water partition coefficient (Wildman–Crippen LogP) is 1.76. The number of amides is 3. The van der Waals surface area contributed by atoms with Crippen molar-refractivity contribution in [3.63, 3.8) is 0 Å². The Morgan fingerprint density at radius 1 is 1.12 bits per heavy atom. The maximum atomic E-state index is 12.4. The van der Waals surface area contributed by atoms with E-state index in [1.165, 1.54) is 0 Å². The van der Waals surface area contributed by atoms with Crippen LogP contribution in [0.2, 0.25) is 0 Å². The number of rotatable bonds is 4. The van der Waals surface area contributed by atoms with Gasteiger partial charge in [0.1, 0.15) is 6.10 Å². The van der Waals surface area contributed by atoms with Gasteiger partial charge < -0.3 is 26.0 Å². The zero-order valence-electron chi connectivity index (χ0n) is 13.7. The molecule has 0 bridgehead atoms. The van der Waals surface area contributed by atoms with Gasteiger partial charge in [-0.25, -0.2) is 4.79 Å². The molecule has 0 aromatic heterocycles. The molecule has 3 amide bonds. The molecule has 1 aromatic carbocycles. The van der Waals surface area contributed by atoms with Gasteiger partial charge in [-0.1, -0.05) is 12.1 Å². The van der Waals surface area contributed by atoms with Gasteiger partial charge in [0.15, 0.2) is 0 Å². The normalized spacial score (nSPS) is 23.3. The van der Waals surface area contributed by atoms with Gasteiger partial charge in [-0.2, -0.15) is 0 Å². The lowest BCUT2D eigenvalue weighted by molar-refractivity contribution is -0.126. The van der Waals surface area contributed by atoms with E-state index in [-0.39, 0.29) is 18.0 Å². The average Bonchev–Trinajstić information content (AvgIpc) is 3.28. The van der Waals surface area contributed by atoms with E-state index in [4.69, 9.17) is 10.5 Å². The van der Waals surface area contributed by atoms with Crippen LogP contribution in [-0.2, 0) is 9.53 Å². The monoisotopic (exact) mass is 332 g/mol. The Labute approximate surface area is 141 Å². The van der Waals surface area contributed by atoms with Crippen LogP contribution < -0.4 is 16.4 Å². The number of hydrogen-bond donors (Lipinski definition) is 3. The van der Waals surface area contributed by atoms with Crippen molar-refractivity contribution in [2.45, 2.75) is 37.9 Å². The molecule has 1 aromatic rings. The summed E-state index contributed by atoms with van der Waals surface area (Å²) in [4.78, 5) is 26.4. The minimum Gasteiger partial charge on any atom is -0.364 e. The maximum absolute atomic E-state index is 12.4. The quantitative estimate of drug-likeness (QED) is 0.783. The van der Waals surface area contributed by atoms with Crippen molar-refractivity contribution in [1.29, 1.82) is 0 Å². The maximum Gasteiger partial charge on any atom is 0.321 e. The molecule has 2 saturated heterocycles. The molecule has 2 heterocycles. The second-order valence-electron chi connectivity index (χ2n) is 6.22. The highest BCUT2D eigenvalue weighted by Crippen LogP contribution is 2.25. The number of ether oxygens (including phenoxy) is 1. The summed E-state index contributed by atoms with van der Waals surface area (Å²) in [5, 5.41) is 5.73. The summed E-state index contributed by atoms with van der Waals surface area (Å²) in [5.41, 5.74) is 6.75. The van der Waals surface area contributed by atoms with Gasteiger partial charge in [-0.3, -0.25) is 4.79 Å². The van der Waals surface area contributed by atoms with Crippen molar-refractivity contribution in [2.24, 2.45) is 5.73 Å². The van der Waals surface area contributed by atoms with E-state index in [9.17, 15) is 9.59 Å². The van der Waals surface area contributed by atoms with Crippen molar-refractivity contribution < 1.29 is 14.3 Å². The number of para-hydroxylation sites is 2. The van der Waals surface area contributed by atoms with E-state index in [1.807, 2.05) is 12.1 Å². The number of nitrogens with one attached hydrogen (secondary N) is 2. The number of carbonyl (C=O) groups is 2. The Kier molecular flexibility index (Phi) is 5.32. The van der Waals surface area contributed by atoms with Crippen molar-refractivity contribution >= 4 is 23.3 Å². The number of urea groups is 1. The van der Waals surface area contributed by atoms with Crippen LogP contribution in [0.3, 0.4) is 0 Å². The van der Waals surface area contributed by atoms with Crippen LogP contribution in [0.4, 0.5) is 16.2 Å². The molecule has 4 N–H and O–H groups in total. The van der Waals surface area contributed by atoms with Gasteiger partial charge in [-0.15, -0.1) is 0 Å². The topological polar surface area (TPSA) is 96.7 Å². The predicted molar refractivity (Wildman–Crippen MR) is 91.8 cm³/mol. The highest BCUT2D eigenvalue weighted by molar-refractivity contribution is 6.00. The summed E-state index contributed by atoms with van der Waals surface area (Å²) >= 11 is 0. The first-order valence-corrected chi connectivity index (χ1v) is 8.48. The van der Waals surface area contributed by atoms with Gasteiger partial charge in [0.05, 0.1) is 17.5 Å². The van der Waals surface area contributed by atoms with E-state index >= 15 is 0 Å².